The number of alkyl halides is 6. The smallest absolute Gasteiger partial charge is 0.369 e. The summed E-state index contributed by atoms with van der Waals surface area (Å²) in [6, 6.07) is 4.47. The molecule has 1 amide bonds. The van der Waals surface area contributed by atoms with Crippen molar-refractivity contribution in [2.45, 2.75) is 44.2 Å². The summed E-state index contributed by atoms with van der Waals surface area (Å²) in [5, 5.41) is 2.69. The maximum atomic E-state index is 15.5. The van der Waals surface area contributed by atoms with E-state index in [4.69, 9.17) is 5.73 Å². The maximum Gasteiger partial charge on any atom is 0.416 e. The number of benzene rings is 1. The molecule has 7 nitrogen and oxygen atoms in total. The zero-order valence-corrected chi connectivity index (χ0v) is 20.2. The van der Waals surface area contributed by atoms with E-state index in [1.807, 2.05) is 0 Å². The number of hydrogen-bond acceptors (Lipinski definition) is 6. The van der Waals surface area contributed by atoms with Gasteiger partial charge in [-0.2, -0.15) is 30.7 Å². The zero-order chi connectivity index (χ0) is 27.7. The van der Waals surface area contributed by atoms with Crippen molar-refractivity contribution in [2.24, 2.45) is 17.6 Å². The third-order valence-corrected chi connectivity index (χ3v) is 6.84. The highest BCUT2D eigenvalue weighted by atomic mass is 19.4. The summed E-state index contributed by atoms with van der Waals surface area (Å²) in [5.74, 6) is -4.52. The summed E-state index contributed by atoms with van der Waals surface area (Å²) >= 11 is 0. The molecule has 4 rings (SSSR count). The van der Waals surface area contributed by atoms with E-state index < -0.39 is 48.0 Å². The Bertz CT molecular complexity index is 1120. The van der Waals surface area contributed by atoms with Crippen molar-refractivity contribution in [1.82, 2.24) is 14.9 Å². The van der Waals surface area contributed by atoms with Crippen molar-refractivity contribution >= 4 is 17.5 Å². The summed E-state index contributed by atoms with van der Waals surface area (Å²) in [5.41, 5.74) is 4.85. The van der Waals surface area contributed by atoms with Gasteiger partial charge in [0.05, 0.1) is 18.0 Å². The van der Waals surface area contributed by atoms with Gasteiger partial charge >= 0.3 is 12.4 Å². The maximum absolute atomic E-state index is 15.5. The third-order valence-electron chi connectivity index (χ3n) is 6.84. The summed E-state index contributed by atoms with van der Waals surface area (Å²) < 4.78 is 95.3. The Morgan fingerprint density at radius 2 is 1.76 bits per heavy atom. The third kappa shape index (κ3) is 6.83. The van der Waals surface area contributed by atoms with Gasteiger partial charge in [-0.3, -0.25) is 9.69 Å². The van der Waals surface area contributed by atoms with Crippen LogP contribution < -0.4 is 16.0 Å². The highest BCUT2D eigenvalue weighted by Crippen LogP contribution is 2.38. The Hall–Kier alpha value is -3.16. The molecule has 2 aliphatic rings. The molecule has 2 atom stereocenters. The number of anilines is 2. The van der Waals surface area contributed by atoms with Gasteiger partial charge in [-0.25, -0.2) is 9.97 Å². The molecule has 38 heavy (non-hydrogen) atoms. The molecule has 3 N–H and O–H groups in total. The first-order valence-corrected chi connectivity index (χ1v) is 12.1. The molecule has 1 aliphatic heterocycles. The predicted octanol–water partition coefficient (Wildman–Crippen LogP) is 4.20. The number of carbonyl (C=O) groups excluding carboxylic acids is 1. The highest BCUT2D eigenvalue weighted by Gasteiger charge is 2.47. The lowest BCUT2D eigenvalue weighted by Gasteiger charge is -2.39. The van der Waals surface area contributed by atoms with Gasteiger partial charge in [-0.05, 0) is 49.4 Å². The summed E-state index contributed by atoms with van der Waals surface area (Å²) in [4.78, 5) is 22.0. The van der Waals surface area contributed by atoms with Crippen LogP contribution in [-0.2, 0) is 17.5 Å². The molecule has 2 aromatic rings. The van der Waals surface area contributed by atoms with Crippen molar-refractivity contribution in [2.75, 3.05) is 36.4 Å². The van der Waals surface area contributed by atoms with E-state index >= 15 is 4.39 Å². The first-order chi connectivity index (χ1) is 17.8. The van der Waals surface area contributed by atoms with Crippen LogP contribution in [0.5, 0.6) is 0 Å². The number of amides is 1. The molecule has 2 fully saturated rings. The molecular formula is C24H27F7N6O. The molecule has 1 saturated heterocycles. The molecule has 1 aromatic carbocycles. The monoisotopic (exact) mass is 548 g/mol. The minimum Gasteiger partial charge on any atom is -0.369 e. The zero-order valence-electron chi connectivity index (χ0n) is 20.2. The van der Waals surface area contributed by atoms with E-state index in [1.54, 1.807) is 4.90 Å². The van der Waals surface area contributed by atoms with Crippen LogP contribution in [0.4, 0.5) is 42.4 Å². The Balaban J connectivity index is 1.47. The van der Waals surface area contributed by atoms with Crippen molar-refractivity contribution in [3.63, 3.8) is 0 Å². The number of likely N-dealkylation sites (tertiary alicyclic amines) is 1. The minimum absolute atomic E-state index is 0.0706. The molecular weight excluding hydrogens is 521 g/mol. The topological polar surface area (TPSA) is 87.4 Å². The molecule has 0 bridgehead atoms. The normalized spacial score (nSPS) is 20.8. The Morgan fingerprint density at radius 1 is 1.08 bits per heavy atom. The summed E-state index contributed by atoms with van der Waals surface area (Å²) in [6.45, 7) is -0.525. The molecule has 0 radical (unpaired) electrons. The van der Waals surface area contributed by atoms with Gasteiger partial charge in [0.25, 0.3) is 0 Å². The van der Waals surface area contributed by atoms with Crippen molar-refractivity contribution in [3.05, 3.63) is 47.5 Å². The Morgan fingerprint density at radius 3 is 2.34 bits per heavy atom. The van der Waals surface area contributed by atoms with Crippen molar-refractivity contribution in [3.8, 4) is 0 Å². The van der Waals surface area contributed by atoms with E-state index in [1.165, 1.54) is 17.0 Å². The van der Waals surface area contributed by atoms with Gasteiger partial charge < -0.3 is 16.0 Å². The lowest BCUT2D eigenvalue weighted by molar-refractivity contribution is -0.200. The second-order valence-electron chi connectivity index (χ2n) is 9.69. The van der Waals surface area contributed by atoms with Gasteiger partial charge in [0, 0.05) is 25.7 Å². The van der Waals surface area contributed by atoms with E-state index in [9.17, 15) is 31.1 Å². The molecule has 1 aliphatic carbocycles. The van der Waals surface area contributed by atoms with E-state index in [0.29, 0.717) is 5.56 Å². The molecule has 2 heterocycles. The van der Waals surface area contributed by atoms with Gasteiger partial charge in [-0.1, -0.05) is 12.1 Å². The van der Waals surface area contributed by atoms with Crippen molar-refractivity contribution in [1.29, 1.82) is 0 Å². The average molecular weight is 549 g/mol. The molecule has 1 saturated carbocycles. The van der Waals surface area contributed by atoms with Gasteiger partial charge in [-0.15, -0.1) is 0 Å². The Labute approximate surface area is 214 Å². The fourth-order valence-corrected chi connectivity index (χ4v) is 4.72. The molecule has 14 heteroatoms. The van der Waals surface area contributed by atoms with E-state index in [-0.39, 0.29) is 50.3 Å². The number of primary amides is 1. The number of nitrogens with two attached hydrogens (primary N) is 1. The lowest BCUT2D eigenvalue weighted by Crippen LogP contribution is -2.50. The number of rotatable bonds is 9. The average Bonchev–Trinajstić information content (AvgIpc) is 3.67. The largest absolute Gasteiger partial charge is 0.416 e. The summed E-state index contributed by atoms with van der Waals surface area (Å²) in [6.07, 6.45) is -6.31. The van der Waals surface area contributed by atoms with Crippen LogP contribution in [0.15, 0.2) is 30.6 Å². The van der Waals surface area contributed by atoms with Crippen LogP contribution in [-0.4, -0.2) is 59.2 Å². The number of aromatic nitrogens is 2. The lowest BCUT2D eigenvalue weighted by atomic mass is 9.84. The number of carbonyl (C=O) groups is 1. The van der Waals surface area contributed by atoms with Gasteiger partial charge in [0.1, 0.15) is 6.33 Å². The van der Waals surface area contributed by atoms with Crippen LogP contribution in [0.2, 0.25) is 0 Å². The number of hydrogen-bond donors (Lipinski definition) is 2. The van der Waals surface area contributed by atoms with Crippen molar-refractivity contribution < 1.29 is 35.5 Å². The molecule has 1 aromatic heterocycles. The van der Waals surface area contributed by atoms with E-state index in [0.717, 1.165) is 31.3 Å². The van der Waals surface area contributed by atoms with Crippen LogP contribution in [0.25, 0.3) is 0 Å². The predicted molar refractivity (Wildman–Crippen MR) is 124 cm³/mol. The first kappa shape index (κ1) is 27.9. The summed E-state index contributed by atoms with van der Waals surface area (Å²) in [7, 11) is 0. The van der Waals surface area contributed by atoms with Gasteiger partial charge in [0.2, 0.25) is 11.7 Å². The quantitative estimate of drug-likeness (QED) is 0.457. The van der Waals surface area contributed by atoms with Crippen LogP contribution in [0, 0.1) is 17.7 Å². The van der Waals surface area contributed by atoms with E-state index in [2.05, 4.69) is 15.3 Å². The second kappa shape index (κ2) is 10.9. The highest BCUT2D eigenvalue weighted by molar-refractivity contribution is 5.75. The van der Waals surface area contributed by atoms with Crippen LogP contribution in [0.1, 0.15) is 30.4 Å². The van der Waals surface area contributed by atoms with Crippen LogP contribution >= 0.6 is 0 Å². The SMILES string of the molecule is NC(=O)CN1CCC(CNc2ncnc(N(Cc3ccc(C(F)(F)F)cc3)C3CC3)c2F)C(C(F)(F)F)C1. The number of nitrogens with one attached hydrogen (secondary N) is 1. The standard InChI is InChI=1S/C24H27F7N6O/c25-20-21(33-9-15-7-8-36(12-19(32)38)11-18(15)24(29,30)31)34-13-35-22(20)37(17-5-6-17)10-14-1-3-16(4-2-14)23(26,27)28/h1-4,13,15,17-18H,5-12H2,(H2,32,38)(H,33,34,35). The number of nitrogens with zero attached hydrogens (tertiary/aromatic N) is 4. The second-order valence-corrected chi connectivity index (χ2v) is 9.69. The number of halogens is 7. The molecule has 0 spiro atoms. The fourth-order valence-electron chi connectivity index (χ4n) is 4.72. The Kier molecular flexibility index (Phi) is 8.00. The molecule has 208 valence electrons. The van der Waals surface area contributed by atoms with Gasteiger partial charge in [0.15, 0.2) is 11.6 Å². The first-order valence-electron chi connectivity index (χ1n) is 12.1. The fraction of sp³-hybridized carbons (Fsp3) is 0.542. The minimum atomic E-state index is -4.53. The molecule has 2 unspecified atom stereocenters. The van der Waals surface area contributed by atoms with Crippen LogP contribution in [0.3, 0.4) is 0 Å². The number of piperidine rings is 1.